The molecule has 0 heterocycles. The van der Waals surface area contributed by atoms with Crippen molar-refractivity contribution in [2.75, 3.05) is 13.6 Å². The highest BCUT2D eigenvalue weighted by atomic mass is 79.9. The average molecular weight is 350 g/mol. The Hall–Kier alpha value is -1.85. The van der Waals surface area contributed by atoms with E-state index in [1.807, 2.05) is 36.2 Å². The minimum Gasteiger partial charge on any atom is -0.504 e. The van der Waals surface area contributed by atoms with Crippen LogP contribution in [0, 0.1) is 0 Å². The Morgan fingerprint density at radius 1 is 1.14 bits per heavy atom. The Balaban J connectivity index is 2.02. The molecule has 0 unspecified atom stereocenters. The van der Waals surface area contributed by atoms with Gasteiger partial charge in [-0.1, -0.05) is 34.1 Å². The molecule has 0 amide bonds. The van der Waals surface area contributed by atoms with Gasteiger partial charge in [0, 0.05) is 16.6 Å². The zero-order valence-electron chi connectivity index (χ0n) is 11.6. The number of likely N-dealkylation sites (N-methyl/N-ethyl adjacent to an activating group) is 1. The van der Waals surface area contributed by atoms with E-state index >= 15 is 0 Å². The second kappa shape index (κ2) is 6.74. The number of nitrogens with zero attached hydrogens (tertiary/aromatic N) is 1. The van der Waals surface area contributed by atoms with Crippen LogP contribution in [0.2, 0.25) is 0 Å². The van der Waals surface area contributed by atoms with E-state index in [1.165, 1.54) is 18.2 Å². The molecule has 0 radical (unpaired) electrons. The molecule has 21 heavy (non-hydrogen) atoms. The number of benzene rings is 2. The summed E-state index contributed by atoms with van der Waals surface area (Å²) in [6, 6.07) is 12.0. The van der Waals surface area contributed by atoms with Gasteiger partial charge in [-0.05, 0) is 36.9 Å². The van der Waals surface area contributed by atoms with Crippen LogP contribution in [0.25, 0.3) is 0 Å². The number of phenolic OH excluding ortho intramolecular Hbond substituents is 2. The Morgan fingerprint density at radius 2 is 1.86 bits per heavy atom. The van der Waals surface area contributed by atoms with Gasteiger partial charge in [-0.15, -0.1) is 0 Å². The molecule has 2 aromatic rings. The van der Waals surface area contributed by atoms with Gasteiger partial charge in [0.05, 0.1) is 6.54 Å². The molecule has 0 aromatic heterocycles. The highest BCUT2D eigenvalue weighted by Gasteiger charge is 2.12. The number of hydrogen-bond donors (Lipinski definition) is 2. The Kier molecular flexibility index (Phi) is 4.98. The summed E-state index contributed by atoms with van der Waals surface area (Å²) in [5.41, 5.74) is 1.48. The Labute approximate surface area is 131 Å². The summed E-state index contributed by atoms with van der Waals surface area (Å²) in [4.78, 5) is 14.0. The van der Waals surface area contributed by atoms with Gasteiger partial charge in [0.2, 0.25) is 0 Å². The standard InChI is InChI=1S/C16H16BrNO3/c1-18(9-12-4-2-3-5-13(12)17)10-16(21)11-6-7-14(19)15(20)8-11/h2-8,19-20H,9-10H2,1H3. The number of Topliss-reactive ketones (excluding diaryl/α,β-unsaturated/α-hetero) is 1. The lowest BCUT2D eigenvalue weighted by atomic mass is 10.1. The van der Waals surface area contributed by atoms with Crippen LogP contribution in [0.5, 0.6) is 11.5 Å². The molecule has 0 bridgehead atoms. The van der Waals surface area contributed by atoms with Gasteiger partial charge in [-0.25, -0.2) is 0 Å². The van der Waals surface area contributed by atoms with Crippen molar-refractivity contribution in [2.45, 2.75) is 6.54 Å². The quantitative estimate of drug-likeness (QED) is 0.642. The van der Waals surface area contributed by atoms with Crippen molar-refractivity contribution in [3.05, 3.63) is 58.1 Å². The van der Waals surface area contributed by atoms with Crippen molar-refractivity contribution in [1.29, 1.82) is 0 Å². The van der Waals surface area contributed by atoms with Gasteiger partial charge >= 0.3 is 0 Å². The van der Waals surface area contributed by atoms with Crippen LogP contribution in [0.4, 0.5) is 0 Å². The summed E-state index contributed by atoms with van der Waals surface area (Å²) >= 11 is 3.48. The van der Waals surface area contributed by atoms with Crippen LogP contribution in [-0.2, 0) is 6.54 Å². The van der Waals surface area contributed by atoms with Crippen LogP contribution in [0.3, 0.4) is 0 Å². The fraction of sp³-hybridized carbons (Fsp3) is 0.188. The molecule has 0 atom stereocenters. The highest BCUT2D eigenvalue weighted by molar-refractivity contribution is 9.10. The van der Waals surface area contributed by atoms with Gasteiger partial charge in [0.1, 0.15) is 0 Å². The highest BCUT2D eigenvalue weighted by Crippen LogP contribution is 2.25. The molecule has 0 aliphatic rings. The topological polar surface area (TPSA) is 60.8 Å². The van der Waals surface area contributed by atoms with Gasteiger partial charge < -0.3 is 10.2 Å². The van der Waals surface area contributed by atoms with E-state index in [9.17, 15) is 15.0 Å². The van der Waals surface area contributed by atoms with E-state index in [1.54, 1.807) is 0 Å². The predicted octanol–water partition coefficient (Wildman–Crippen LogP) is 3.18. The largest absolute Gasteiger partial charge is 0.504 e. The molecule has 110 valence electrons. The number of carbonyl (C=O) groups excluding carboxylic acids is 1. The average Bonchev–Trinajstić information content (AvgIpc) is 2.44. The third kappa shape index (κ3) is 4.06. The number of hydrogen-bond acceptors (Lipinski definition) is 4. The molecule has 0 fully saturated rings. The maximum Gasteiger partial charge on any atom is 0.176 e. The maximum atomic E-state index is 12.1. The first kappa shape index (κ1) is 15.5. The van der Waals surface area contributed by atoms with Gasteiger partial charge in [-0.3, -0.25) is 9.69 Å². The zero-order valence-corrected chi connectivity index (χ0v) is 13.2. The van der Waals surface area contributed by atoms with Crippen molar-refractivity contribution in [2.24, 2.45) is 0 Å². The van der Waals surface area contributed by atoms with E-state index in [0.29, 0.717) is 12.1 Å². The summed E-state index contributed by atoms with van der Waals surface area (Å²) in [5.74, 6) is -0.623. The van der Waals surface area contributed by atoms with Crippen molar-refractivity contribution in [1.82, 2.24) is 4.90 Å². The number of phenols is 2. The van der Waals surface area contributed by atoms with Gasteiger partial charge in [0.25, 0.3) is 0 Å². The fourth-order valence-corrected chi connectivity index (χ4v) is 2.42. The first-order valence-corrected chi connectivity index (χ1v) is 7.24. The number of aromatic hydroxyl groups is 2. The number of rotatable bonds is 5. The summed E-state index contributed by atoms with van der Waals surface area (Å²) in [6.45, 7) is 0.864. The molecule has 0 saturated carbocycles. The SMILES string of the molecule is CN(CC(=O)c1ccc(O)c(O)c1)Cc1ccccc1Br. The molecule has 5 heteroatoms. The van der Waals surface area contributed by atoms with Crippen LogP contribution in [0.15, 0.2) is 46.9 Å². The van der Waals surface area contributed by atoms with Gasteiger partial charge in [0.15, 0.2) is 17.3 Å². The van der Waals surface area contributed by atoms with E-state index < -0.39 is 0 Å². The van der Waals surface area contributed by atoms with E-state index in [4.69, 9.17) is 0 Å². The third-order valence-corrected chi connectivity index (χ3v) is 3.88. The van der Waals surface area contributed by atoms with Crippen molar-refractivity contribution in [3.63, 3.8) is 0 Å². The van der Waals surface area contributed by atoms with Crippen LogP contribution in [-0.4, -0.2) is 34.5 Å². The van der Waals surface area contributed by atoms with Crippen LogP contribution >= 0.6 is 15.9 Å². The number of ketones is 1. The summed E-state index contributed by atoms with van der Waals surface area (Å²) in [6.07, 6.45) is 0. The smallest absolute Gasteiger partial charge is 0.176 e. The molecule has 0 saturated heterocycles. The number of carbonyl (C=O) groups is 1. The lowest BCUT2D eigenvalue weighted by Crippen LogP contribution is -2.25. The molecule has 2 rings (SSSR count). The van der Waals surface area contributed by atoms with Gasteiger partial charge in [-0.2, -0.15) is 0 Å². The molecular weight excluding hydrogens is 334 g/mol. The van der Waals surface area contributed by atoms with Crippen LogP contribution in [0.1, 0.15) is 15.9 Å². The molecule has 0 aliphatic heterocycles. The summed E-state index contributed by atoms with van der Waals surface area (Å²) in [5, 5.41) is 18.7. The second-order valence-electron chi connectivity index (χ2n) is 4.89. The molecule has 0 spiro atoms. The molecular formula is C16H16BrNO3. The molecule has 2 N–H and O–H groups in total. The summed E-state index contributed by atoms with van der Waals surface area (Å²) < 4.78 is 1.01. The monoisotopic (exact) mass is 349 g/mol. The zero-order chi connectivity index (χ0) is 15.4. The van der Waals surface area contributed by atoms with Crippen molar-refractivity contribution < 1.29 is 15.0 Å². The summed E-state index contributed by atoms with van der Waals surface area (Å²) in [7, 11) is 1.86. The lowest BCUT2D eigenvalue weighted by Gasteiger charge is -2.17. The molecule has 0 aliphatic carbocycles. The first-order chi connectivity index (χ1) is 9.97. The Bertz CT molecular complexity index is 658. The fourth-order valence-electron chi connectivity index (χ4n) is 2.01. The van der Waals surface area contributed by atoms with Crippen molar-refractivity contribution in [3.8, 4) is 11.5 Å². The second-order valence-corrected chi connectivity index (χ2v) is 5.74. The predicted molar refractivity (Wildman–Crippen MR) is 84.6 cm³/mol. The molecule has 2 aromatic carbocycles. The van der Waals surface area contributed by atoms with E-state index in [0.717, 1.165) is 10.0 Å². The normalized spacial score (nSPS) is 10.8. The minimum atomic E-state index is -0.283. The van der Waals surface area contributed by atoms with E-state index in [2.05, 4.69) is 15.9 Å². The molecule has 4 nitrogen and oxygen atoms in total. The van der Waals surface area contributed by atoms with Crippen LogP contribution < -0.4 is 0 Å². The van der Waals surface area contributed by atoms with E-state index in [-0.39, 0.29) is 23.8 Å². The number of halogens is 1. The Morgan fingerprint density at radius 3 is 2.52 bits per heavy atom. The minimum absolute atomic E-state index is 0.111. The van der Waals surface area contributed by atoms with Crippen molar-refractivity contribution >= 4 is 21.7 Å². The first-order valence-electron chi connectivity index (χ1n) is 6.44. The third-order valence-electron chi connectivity index (χ3n) is 3.11. The maximum absolute atomic E-state index is 12.1. The lowest BCUT2D eigenvalue weighted by molar-refractivity contribution is 0.0942.